The van der Waals surface area contributed by atoms with Crippen LogP contribution < -0.4 is 9.47 Å². The first-order valence-corrected chi connectivity index (χ1v) is 10.5. The van der Waals surface area contributed by atoms with Gasteiger partial charge in [0.1, 0.15) is 5.82 Å². The molecule has 5 rings (SSSR count). The number of piperazine rings is 1. The lowest BCUT2D eigenvalue weighted by Crippen LogP contribution is -2.51. The number of halogens is 1. The number of rotatable bonds is 5. The number of amides is 1. The average molecular weight is 425 g/mol. The molecule has 0 N–H and O–H groups in total. The van der Waals surface area contributed by atoms with E-state index in [0.29, 0.717) is 25.9 Å². The Hall–Kier alpha value is -3.13. The van der Waals surface area contributed by atoms with Gasteiger partial charge in [-0.15, -0.1) is 0 Å². The second kappa shape index (κ2) is 8.55. The smallest absolute Gasteiger partial charge is 0.266 e. The van der Waals surface area contributed by atoms with Gasteiger partial charge in [0.2, 0.25) is 12.9 Å². The monoisotopic (exact) mass is 425 g/mol. The molecule has 8 heteroatoms. The summed E-state index contributed by atoms with van der Waals surface area (Å²) in [6.45, 7) is 3.98. The minimum absolute atomic E-state index is 0.0271. The number of fused-ring (bicyclic) bond motifs is 1. The van der Waals surface area contributed by atoms with Crippen molar-refractivity contribution < 1.29 is 23.5 Å². The Morgan fingerprint density at radius 3 is 2.71 bits per heavy atom. The fourth-order valence-electron chi connectivity index (χ4n) is 4.17. The van der Waals surface area contributed by atoms with E-state index in [0.717, 1.165) is 42.4 Å². The topological polar surface area (TPSA) is 63.6 Å². The van der Waals surface area contributed by atoms with Gasteiger partial charge < -0.3 is 19.2 Å². The Morgan fingerprint density at radius 1 is 1.03 bits per heavy atom. The highest BCUT2D eigenvalue weighted by Crippen LogP contribution is 2.32. The number of hydrogen-bond acceptors (Lipinski definition) is 6. The summed E-state index contributed by atoms with van der Waals surface area (Å²) in [4.78, 5) is 22.4. The van der Waals surface area contributed by atoms with E-state index in [1.807, 2.05) is 23.1 Å². The quantitative estimate of drug-likeness (QED) is 0.737. The molecule has 1 saturated heterocycles. The standard InChI is InChI=1S/C23H24FN3O4/c24-18-3-1-2-16(10-18)11-19-13-22(31-25-19)23(28)27-8-6-26(7-9-27)14-17-4-5-20-21(12-17)30-15-29-20/h1-5,10,12,22H,6-9,11,13-15H2/t22-/m0/s1. The number of ether oxygens (including phenoxy) is 2. The second-order valence-electron chi connectivity index (χ2n) is 8.05. The summed E-state index contributed by atoms with van der Waals surface area (Å²) in [6, 6.07) is 12.4. The summed E-state index contributed by atoms with van der Waals surface area (Å²) in [5.74, 6) is 1.28. The Kier molecular flexibility index (Phi) is 5.46. The summed E-state index contributed by atoms with van der Waals surface area (Å²) in [5.41, 5.74) is 2.76. The molecule has 3 aliphatic rings. The van der Waals surface area contributed by atoms with Crippen LogP contribution >= 0.6 is 0 Å². The van der Waals surface area contributed by atoms with E-state index in [2.05, 4.69) is 16.1 Å². The number of carbonyl (C=O) groups is 1. The third-order valence-corrected chi connectivity index (χ3v) is 5.83. The third-order valence-electron chi connectivity index (χ3n) is 5.83. The molecule has 1 amide bonds. The van der Waals surface area contributed by atoms with E-state index in [-0.39, 0.29) is 18.5 Å². The van der Waals surface area contributed by atoms with Gasteiger partial charge in [0.05, 0.1) is 5.71 Å². The molecule has 1 fully saturated rings. The fourth-order valence-corrected chi connectivity index (χ4v) is 4.17. The van der Waals surface area contributed by atoms with Crippen LogP contribution in [0, 0.1) is 5.82 Å². The molecule has 0 saturated carbocycles. The van der Waals surface area contributed by atoms with Crippen LogP contribution in [0.25, 0.3) is 0 Å². The molecule has 0 aliphatic carbocycles. The third kappa shape index (κ3) is 4.49. The average Bonchev–Trinajstić information content (AvgIpc) is 3.43. The molecule has 1 atom stereocenters. The summed E-state index contributed by atoms with van der Waals surface area (Å²) in [5, 5.41) is 4.07. The van der Waals surface area contributed by atoms with E-state index in [1.165, 1.54) is 17.7 Å². The van der Waals surface area contributed by atoms with Crippen LogP contribution in [0.3, 0.4) is 0 Å². The van der Waals surface area contributed by atoms with Crippen molar-refractivity contribution >= 4 is 11.6 Å². The van der Waals surface area contributed by atoms with Crippen molar-refractivity contribution in [2.45, 2.75) is 25.5 Å². The van der Waals surface area contributed by atoms with Crippen molar-refractivity contribution in [2.24, 2.45) is 5.16 Å². The van der Waals surface area contributed by atoms with Crippen LogP contribution in [0.4, 0.5) is 4.39 Å². The van der Waals surface area contributed by atoms with Crippen LogP contribution in [0.15, 0.2) is 47.6 Å². The number of carbonyl (C=O) groups excluding carboxylic acids is 1. The van der Waals surface area contributed by atoms with E-state index in [4.69, 9.17) is 14.3 Å². The Morgan fingerprint density at radius 2 is 1.87 bits per heavy atom. The maximum absolute atomic E-state index is 13.4. The van der Waals surface area contributed by atoms with E-state index >= 15 is 0 Å². The number of benzene rings is 2. The first-order chi connectivity index (χ1) is 15.1. The highest BCUT2D eigenvalue weighted by molar-refractivity contribution is 5.94. The largest absolute Gasteiger partial charge is 0.454 e. The lowest BCUT2D eigenvalue weighted by molar-refractivity contribution is -0.143. The first-order valence-electron chi connectivity index (χ1n) is 10.5. The lowest BCUT2D eigenvalue weighted by Gasteiger charge is -2.35. The van der Waals surface area contributed by atoms with Crippen LogP contribution in [-0.4, -0.2) is 60.5 Å². The van der Waals surface area contributed by atoms with Gasteiger partial charge in [0.15, 0.2) is 11.5 Å². The molecule has 2 aromatic rings. The first kappa shape index (κ1) is 19.8. The summed E-state index contributed by atoms with van der Waals surface area (Å²) in [6.07, 6.45) is 0.362. The van der Waals surface area contributed by atoms with Crippen LogP contribution in [0.1, 0.15) is 17.5 Å². The molecule has 0 aromatic heterocycles. The number of nitrogens with zero attached hydrogens (tertiary/aromatic N) is 3. The molecule has 0 bridgehead atoms. The summed E-state index contributed by atoms with van der Waals surface area (Å²) < 4.78 is 24.2. The van der Waals surface area contributed by atoms with Gasteiger partial charge >= 0.3 is 0 Å². The minimum atomic E-state index is -0.580. The van der Waals surface area contributed by atoms with E-state index in [9.17, 15) is 9.18 Å². The van der Waals surface area contributed by atoms with Crippen molar-refractivity contribution in [3.8, 4) is 11.5 Å². The van der Waals surface area contributed by atoms with Crippen molar-refractivity contribution in [3.05, 3.63) is 59.4 Å². The van der Waals surface area contributed by atoms with Crippen LogP contribution in [0.5, 0.6) is 11.5 Å². The van der Waals surface area contributed by atoms with E-state index in [1.54, 1.807) is 6.07 Å². The van der Waals surface area contributed by atoms with Gasteiger partial charge in [-0.25, -0.2) is 4.39 Å². The maximum atomic E-state index is 13.4. The highest BCUT2D eigenvalue weighted by Gasteiger charge is 2.33. The van der Waals surface area contributed by atoms with Gasteiger partial charge in [0.25, 0.3) is 5.91 Å². The molecule has 0 unspecified atom stereocenters. The molecular weight excluding hydrogens is 401 g/mol. The predicted octanol–water partition coefficient (Wildman–Crippen LogP) is 2.59. The molecule has 3 aliphatic heterocycles. The summed E-state index contributed by atoms with van der Waals surface area (Å²) in [7, 11) is 0. The van der Waals surface area contributed by atoms with Crippen molar-refractivity contribution in [1.29, 1.82) is 0 Å². The van der Waals surface area contributed by atoms with Gasteiger partial charge in [-0.3, -0.25) is 9.69 Å². The molecule has 3 heterocycles. The second-order valence-corrected chi connectivity index (χ2v) is 8.05. The molecule has 0 radical (unpaired) electrons. The van der Waals surface area contributed by atoms with Crippen molar-refractivity contribution in [1.82, 2.24) is 9.80 Å². The fraction of sp³-hybridized carbons (Fsp3) is 0.391. The van der Waals surface area contributed by atoms with Gasteiger partial charge in [-0.05, 0) is 35.4 Å². The van der Waals surface area contributed by atoms with E-state index < -0.39 is 6.10 Å². The molecular formula is C23H24FN3O4. The zero-order chi connectivity index (χ0) is 21.2. The van der Waals surface area contributed by atoms with Crippen molar-refractivity contribution in [2.75, 3.05) is 33.0 Å². The number of oxime groups is 1. The van der Waals surface area contributed by atoms with Gasteiger partial charge in [-0.2, -0.15) is 0 Å². The highest BCUT2D eigenvalue weighted by atomic mass is 19.1. The normalized spacial score (nSPS) is 20.5. The SMILES string of the molecule is O=C([C@@H]1CC(Cc2cccc(F)c2)=NO1)N1CCN(Cc2ccc3c(c2)OCO3)CC1. The van der Waals surface area contributed by atoms with Gasteiger partial charge in [-0.1, -0.05) is 23.4 Å². The Labute approximate surface area is 180 Å². The predicted molar refractivity (Wildman–Crippen MR) is 111 cm³/mol. The molecule has 31 heavy (non-hydrogen) atoms. The molecule has 162 valence electrons. The molecule has 2 aromatic carbocycles. The Bertz CT molecular complexity index is 1000. The minimum Gasteiger partial charge on any atom is -0.454 e. The van der Waals surface area contributed by atoms with Gasteiger partial charge in [0, 0.05) is 45.6 Å². The molecule has 0 spiro atoms. The van der Waals surface area contributed by atoms with Crippen molar-refractivity contribution in [3.63, 3.8) is 0 Å². The van der Waals surface area contributed by atoms with Crippen LogP contribution in [0.2, 0.25) is 0 Å². The number of hydrogen-bond donors (Lipinski definition) is 0. The zero-order valence-corrected chi connectivity index (χ0v) is 17.1. The maximum Gasteiger partial charge on any atom is 0.266 e. The lowest BCUT2D eigenvalue weighted by atomic mass is 10.0. The molecule has 7 nitrogen and oxygen atoms in total. The Balaban J connectivity index is 1.10. The zero-order valence-electron chi connectivity index (χ0n) is 17.1. The van der Waals surface area contributed by atoms with Crippen LogP contribution in [-0.2, 0) is 22.6 Å². The summed E-state index contributed by atoms with van der Waals surface area (Å²) >= 11 is 0.